The van der Waals surface area contributed by atoms with Gasteiger partial charge in [0.25, 0.3) is 17.4 Å². The molecule has 40 heavy (non-hydrogen) atoms. The van der Waals surface area contributed by atoms with Gasteiger partial charge in [0.2, 0.25) is 0 Å². The number of aliphatic hydroxyl groups is 1. The number of carbonyl (C=O) groups is 2. The van der Waals surface area contributed by atoms with E-state index in [2.05, 4.69) is 4.90 Å². The third-order valence-corrected chi connectivity index (χ3v) is 9.14. The van der Waals surface area contributed by atoms with Crippen LogP contribution in [0.25, 0.3) is 0 Å². The first-order valence-electron chi connectivity index (χ1n) is 13.6. The van der Waals surface area contributed by atoms with Crippen molar-refractivity contribution in [3.63, 3.8) is 0 Å². The molecule has 4 rings (SSSR count). The van der Waals surface area contributed by atoms with Crippen LogP contribution >= 0.6 is 11.6 Å². The quantitative estimate of drug-likeness (QED) is 0.434. The number of carbonyl (C=O) groups excluding carboxylic acids is 2. The van der Waals surface area contributed by atoms with E-state index < -0.39 is 23.2 Å². The maximum Gasteiger partial charge on any atom is 0.430 e. The summed E-state index contributed by atoms with van der Waals surface area (Å²) in [4.78, 5) is 30.5. The van der Waals surface area contributed by atoms with E-state index in [4.69, 9.17) is 11.6 Å². The largest absolute Gasteiger partial charge is 0.430 e. The van der Waals surface area contributed by atoms with E-state index in [0.29, 0.717) is 22.9 Å². The molecule has 10 heteroatoms. The summed E-state index contributed by atoms with van der Waals surface area (Å²) >= 11 is 6.48. The topological polar surface area (TPSA) is 64.1 Å². The summed E-state index contributed by atoms with van der Waals surface area (Å²) < 4.78 is 41.7. The molecule has 1 heterocycles. The van der Waals surface area contributed by atoms with Crippen molar-refractivity contribution >= 4 is 29.1 Å². The molecule has 2 atom stereocenters. The summed E-state index contributed by atoms with van der Waals surface area (Å²) in [5.41, 5.74) is -2.51. The second-order valence-electron chi connectivity index (χ2n) is 11.5. The molecule has 0 radical (unpaired) electrons. The van der Waals surface area contributed by atoms with Crippen molar-refractivity contribution in [3.8, 4) is 0 Å². The third kappa shape index (κ3) is 5.68. The number of amides is 2. The van der Waals surface area contributed by atoms with Crippen LogP contribution in [0.5, 0.6) is 0 Å². The second-order valence-corrected chi connectivity index (χ2v) is 11.9. The lowest BCUT2D eigenvalue weighted by Gasteiger charge is -2.35. The predicted molar refractivity (Wildman–Crippen MR) is 149 cm³/mol. The van der Waals surface area contributed by atoms with E-state index in [1.807, 2.05) is 26.0 Å². The first-order valence-corrected chi connectivity index (χ1v) is 14.0. The van der Waals surface area contributed by atoms with E-state index in [1.165, 1.54) is 25.2 Å². The fraction of sp³-hybridized carbons (Fsp3) is 0.533. The Kier molecular flexibility index (Phi) is 8.48. The Bertz CT molecular complexity index is 1230. The van der Waals surface area contributed by atoms with Crippen LogP contribution in [0.4, 0.5) is 18.9 Å². The molecule has 218 valence electrons. The number of rotatable bonds is 8. The van der Waals surface area contributed by atoms with Gasteiger partial charge in [0.1, 0.15) is 0 Å². The van der Waals surface area contributed by atoms with Crippen LogP contribution in [-0.2, 0) is 10.4 Å². The third-order valence-electron chi connectivity index (χ3n) is 8.83. The van der Waals surface area contributed by atoms with Crippen LogP contribution in [-0.4, -0.2) is 72.7 Å². The van der Waals surface area contributed by atoms with Gasteiger partial charge in [-0.05, 0) is 69.1 Å². The lowest BCUT2D eigenvalue weighted by molar-refractivity contribution is -0.261. The zero-order valence-electron chi connectivity index (χ0n) is 23.3. The number of piperidine rings is 1. The highest BCUT2D eigenvalue weighted by Crippen LogP contribution is 2.61. The zero-order chi connectivity index (χ0) is 29.5. The second kappa shape index (κ2) is 11.2. The van der Waals surface area contributed by atoms with Crippen molar-refractivity contribution in [1.29, 1.82) is 0 Å². The number of hydrogen-bond donors (Lipinski definition) is 1. The summed E-state index contributed by atoms with van der Waals surface area (Å²) in [6, 6.07) is 12.1. The number of anilines is 1. The molecule has 0 aromatic heterocycles. The molecule has 1 saturated heterocycles. The van der Waals surface area contributed by atoms with E-state index in [0.717, 1.165) is 55.1 Å². The minimum atomic E-state index is -5.15. The molecule has 6 nitrogen and oxygen atoms in total. The molecule has 2 fully saturated rings. The normalized spacial score (nSPS) is 19.9. The highest BCUT2D eigenvalue weighted by molar-refractivity contribution is 6.34. The maximum absolute atomic E-state index is 13.9. The number of alkyl halides is 3. The van der Waals surface area contributed by atoms with Gasteiger partial charge in [-0.15, -0.1) is 0 Å². The number of nitrogens with zero attached hydrogens (tertiary/aromatic N) is 3. The Morgan fingerprint density at radius 3 is 2.27 bits per heavy atom. The van der Waals surface area contributed by atoms with Crippen molar-refractivity contribution in [2.24, 2.45) is 11.3 Å². The molecule has 2 amide bonds. The monoisotopic (exact) mass is 579 g/mol. The average molecular weight is 580 g/mol. The van der Waals surface area contributed by atoms with Gasteiger partial charge in [0, 0.05) is 51.0 Å². The Balaban J connectivity index is 1.33. The van der Waals surface area contributed by atoms with Gasteiger partial charge < -0.3 is 19.8 Å². The lowest BCUT2D eigenvalue weighted by Crippen LogP contribution is -2.55. The molecule has 0 bridgehead atoms. The lowest BCUT2D eigenvalue weighted by atomic mass is 9.89. The molecule has 2 aliphatic rings. The summed E-state index contributed by atoms with van der Waals surface area (Å²) in [6.45, 7) is 5.64. The van der Waals surface area contributed by atoms with Gasteiger partial charge in [0.15, 0.2) is 0 Å². The summed E-state index contributed by atoms with van der Waals surface area (Å²) in [5.74, 6) is -1.17. The van der Waals surface area contributed by atoms with Gasteiger partial charge in [0.05, 0.1) is 10.6 Å². The minimum absolute atomic E-state index is 0.0607. The Morgan fingerprint density at radius 2 is 1.73 bits per heavy atom. The molecule has 1 spiro atoms. The first kappa shape index (κ1) is 30.2. The summed E-state index contributed by atoms with van der Waals surface area (Å²) in [6.07, 6.45) is -1.73. The number of hydrogen-bond acceptors (Lipinski definition) is 4. The Morgan fingerprint density at radius 1 is 1.10 bits per heavy atom. The van der Waals surface area contributed by atoms with E-state index >= 15 is 0 Å². The van der Waals surface area contributed by atoms with Crippen LogP contribution in [0, 0.1) is 11.3 Å². The van der Waals surface area contributed by atoms with E-state index in [1.54, 1.807) is 18.0 Å². The zero-order valence-corrected chi connectivity index (χ0v) is 24.1. The number of likely N-dealkylation sites (N-methyl/N-ethyl adjacent to an activating group) is 1. The van der Waals surface area contributed by atoms with Gasteiger partial charge in [-0.1, -0.05) is 41.9 Å². The van der Waals surface area contributed by atoms with Crippen molar-refractivity contribution in [1.82, 2.24) is 9.80 Å². The standard InChI is InChI=1S/C30H37ClF3N3O3/c1-20(2)36(4)26(38)24-11-10-23(18-25(24)31)37-16-13-28(14-17-37)19-22(28)12-15-35(3)27(39)29(40,30(32,33)34)21-8-6-5-7-9-21/h5-11,18,20,22,40H,12-17,19H2,1-4H3/t22-,29?/m0/s1. The van der Waals surface area contributed by atoms with Crippen molar-refractivity contribution in [3.05, 3.63) is 64.7 Å². The molecule has 1 aliphatic carbocycles. The molecule has 1 unspecified atom stereocenters. The van der Waals surface area contributed by atoms with Gasteiger partial charge in [-0.3, -0.25) is 9.59 Å². The van der Waals surface area contributed by atoms with Crippen molar-refractivity contribution < 1.29 is 27.9 Å². The first-order chi connectivity index (χ1) is 18.7. The average Bonchev–Trinajstić information content (AvgIpc) is 3.61. The Labute approximate surface area is 238 Å². The molecule has 1 N–H and O–H groups in total. The van der Waals surface area contributed by atoms with Gasteiger partial charge >= 0.3 is 6.18 Å². The summed E-state index contributed by atoms with van der Waals surface area (Å²) in [7, 11) is 3.07. The predicted octanol–water partition coefficient (Wildman–Crippen LogP) is 5.73. The number of halogens is 4. The van der Waals surface area contributed by atoms with E-state index in [-0.39, 0.29) is 23.9 Å². The van der Waals surface area contributed by atoms with Crippen LogP contribution in [0.1, 0.15) is 55.5 Å². The SMILES string of the molecule is CC(C)N(C)C(=O)c1ccc(N2CCC3(CC2)C[C@@H]3CCN(C)C(=O)C(O)(c2ccccc2)C(F)(F)F)cc1Cl. The maximum atomic E-state index is 13.9. The number of benzene rings is 2. The molecule has 1 aliphatic heterocycles. The highest BCUT2D eigenvalue weighted by atomic mass is 35.5. The summed E-state index contributed by atoms with van der Waals surface area (Å²) in [5, 5.41) is 11.0. The smallest absolute Gasteiger partial charge is 0.371 e. The molecule has 2 aromatic rings. The Hall–Kier alpha value is -2.78. The minimum Gasteiger partial charge on any atom is -0.371 e. The van der Waals surface area contributed by atoms with Crippen LogP contribution in [0.15, 0.2) is 48.5 Å². The molecular weight excluding hydrogens is 543 g/mol. The molecule has 1 saturated carbocycles. The van der Waals surface area contributed by atoms with Crippen LogP contribution < -0.4 is 4.90 Å². The molecular formula is C30H37ClF3N3O3. The fourth-order valence-electron chi connectivity index (χ4n) is 5.78. The van der Waals surface area contributed by atoms with Crippen LogP contribution in [0.3, 0.4) is 0 Å². The van der Waals surface area contributed by atoms with Crippen LogP contribution in [0.2, 0.25) is 5.02 Å². The fourth-order valence-corrected chi connectivity index (χ4v) is 6.03. The van der Waals surface area contributed by atoms with E-state index in [9.17, 15) is 27.9 Å². The molecule has 2 aromatic carbocycles. The van der Waals surface area contributed by atoms with Gasteiger partial charge in [-0.2, -0.15) is 13.2 Å². The van der Waals surface area contributed by atoms with Gasteiger partial charge in [-0.25, -0.2) is 0 Å². The van der Waals surface area contributed by atoms with Crippen molar-refractivity contribution in [2.75, 3.05) is 38.6 Å². The highest BCUT2D eigenvalue weighted by Gasteiger charge is 2.62. The van der Waals surface area contributed by atoms with Crippen molar-refractivity contribution in [2.45, 2.75) is 57.3 Å².